The Hall–Kier alpha value is -1.85. The molecule has 5 heteroatoms. The highest BCUT2D eigenvalue weighted by atomic mass is 32.2. The van der Waals surface area contributed by atoms with Gasteiger partial charge in [-0.05, 0) is 56.7 Å². The number of thiophene rings is 1. The molecule has 1 unspecified atom stereocenters. The first kappa shape index (κ1) is 19.5. The fraction of sp³-hybridized carbons (Fsp3) is 0.391. The van der Waals surface area contributed by atoms with Gasteiger partial charge in [-0.3, -0.25) is 9.78 Å². The van der Waals surface area contributed by atoms with Crippen LogP contribution in [0.15, 0.2) is 40.1 Å². The zero-order valence-electron chi connectivity index (χ0n) is 16.3. The lowest BCUT2D eigenvalue weighted by atomic mass is 9.92. The molecule has 28 heavy (non-hydrogen) atoms. The number of benzene rings is 1. The fourth-order valence-corrected chi connectivity index (χ4v) is 6.79. The number of aryl methyl sites for hydroxylation is 3. The Morgan fingerprint density at radius 2 is 2.00 bits per heavy atom. The molecular formula is C23H25NO2S2. The van der Waals surface area contributed by atoms with Crippen LogP contribution in [0.3, 0.4) is 0 Å². The van der Waals surface area contributed by atoms with Crippen molar-refractivity contribution in [1.29, 1.82) is 0 Å². The van der Waals surface area contributed by atoms with Gasteiger partial charge in [0.15, 0.2) is 0 Å². The molecule has 3 nitrogen and oxygen atoms in total. The van der Waals surface area contributed by atoms with Crippen molar-refractivity contribution in [2.24, 2.45) is 0 Å². The molecule has 146 valence electrons. The van der Waals surface area contributed by atoms with Crippen LogP contribution in [-0.2, 0) is 17.6 Å². The molecule has 2 heterocycles. The molecule has 1 aliphatic carbocycles. The van der Waals surface area contributed by atoms with Crippen LogP contribution in [0.4, 0.5) is 0 Å². The van der Waals surface area contributed by atoms with E-state index in [-0.39, 0.29) is 0 Å². The normalized spacial score (nSPS) is 14.8. The van der Waals surface area contributed by atoms with E-state index >= 15 is 0 Å². The summed E-state index contributed by atoms with van der Waals surface area (Å²) in [7, 11) is 0. The second-order valence-corrected chi connectivity index (χ2v) is 9.61. The van der Waals surface area contributed by atoms with Crippen molar-refractivity contribution >= 4 is 39.3 Å². The molecule has 0 saturated heterocycles. The van der Waals surface area contributed by atoms with E-state index in [9.17, 15) is 9.90 Å². The van der Waals surface area contributed by atoms with Crippen molar-refractivity contribution in [2.75, 3.05) is 0 Å². The lowest BCUT2D eigenvalue weighted by molar-refractivity contribution is -0.139. The number of pyridine rings is 1. The molecule has 2 aromatic heterocycles. The average molecular weight is 412 g/mol. The summed E-state index contributed by atoms with van der Waals surface area (Å²) >= 11 is 3.54. The number of aliphatic carboxylic acids is 1. The molecule has 0 spiro atoms. The number of carbonyl (C=O) groups is 1. The van der Waals surface area contributed by atoms with Crippen molar-refractivity contribution in [3.8, 4) is 0 Å². The number of carboxylic acid groups (broad SMARTS) is 1. The maximum absolute atomic E-state index is 12.1. The molecule has 1 aromatic carbocycles. The van der Waals surface area contributed by atoms with Crippen molar-refractivity contribution in [2.45, 2.75) is 68.1 Å². The van der Waals surface area contributed by atoms with Gasteiger partial charge in [-0.25, -0.2) is 0 Å². The highest BCUT2D eigenvalue weighted by molar-refractivity contribution is 7.99. The standard InChI is InChI=1S/C23H25NO2S2/c1-3-9-17(23(25)26)19-14(2)24-20-16-12-7-8-13-18(16)28-22(20)21(19)27-15-10-5-4-6-11-15/h4-6,10-11,17H,3,7-9,12-13H2,1-2H3,(H,25,26). The van der Waals surface area contributed by atoms with Crippen LogP contribution in [0.25, 0.3) is 10.2 Å². The van der Waals surface area contributed by atoms with E-state index in [4.69, 9.17) is 4.98 Å². The van der Waals surface area contributed by atoms with Crippen molar-refractivity contribution < 1.29 is 9.90 Å². The molecular weight excluding hydrogens is 386 g/mol. The summed E-state index contributed by atoms with van der Waals surface area (Å²) in [6, 6.07) is 10.3. The van der Waals surface area contributed by atoms with Gasteiger partial charge in [-0.1, -0.05) is 43.3 Å². The van der Waals surface area contributed by atoms with Gasteiger partial charge >= 0.3 is 5.97 Å². The van der Waals surface area contributed by atoms with Gasteiger partial charge in [0.2, 0.25) is 0 Å². The van der Waals surface area contributed by atoms with E-state index in [1.54, 1.807) is 11.8 Å². The maximum Gasteiger partial charge on any atom is 0.311 e. The first-order valence-corrected chi connectivity index (χ1v) is 11.6. The second kappa shape index (κ2) is 8.26. The number of nitrogens with zero attached hydrogens (tertiary/aromatic N) is 1. The number of aromatic nitrogens is 1. The highest BCUT2D eigenvalue weighted by Crippen LogP contribution is 2.46. The molecule has 0 aliphatic heterocycles. The summed E-state index contributed by atoms with van der Waals surface area (Å²) < 4.78 is 1.18. The first-order chi connectivity index (χ1) is 13.6. The quantitative estimate of drug-likeness (QED) is 0.496. The zero-order chi connectivity index (χ0) is 19.7. The molecule has 0 amide bonds. The smallest absolute Gasteiger partial charge is 0.311 e. The van der Waals surface area contributed by atoms with Gasteiger partial charge in [0, 0.05) is 25.9 Å². The van der Waals surface area contributed by atoms with E-state index in [0.29, 0.717) is 6.42 Å². The van der Waals surface area contributed by atoms with Gasteiger partial charge in [-0.15, -0.1) is 11.3 Å². The monoisotopic (exact) mass is 411 g/mol. The third-order valence-corrected chi connectivity index (χ3v) is 8.01. The molecule has 4 rings (SSSR count). The molecule has 3 aromatic rings. The molecule has 0 bridgehead atoms. The number of hydrogen-bond donors (Lipinski definition) is 1. The molecule has 0 radical (unpaired) electrons. The fourth-order valence-electron chi connectivity index (χ4n) is 4.13. The summed E-state index contributed by atoms with van der Waals surface area (Å²) in [5.74, 6) is -1.26. The van der Waals surface area contributed by atoms with E-state index < -0.39 is 11.9 Å². The van der Waals surface area contributed by atoms with Crippen LogP contribution in [0.1, 0.15) is 60.2 Å². The third kappa shape index (κ3) is 3.58. The summed E-state index contributed by atoms with van der Waals surface area (Å²) in [5.41, 5.74) is 4.30. The predicted octanol–water partition coefficient (Wildman–Crippen LogP) is 6.60. The molecule has 1 atom stereocenters. The van der Waals surface area contributed by atoms with E-state index in [1.807, 2.05) is 43.4 Å². The maximum atomic E-state index is 12.1. The van der Waals surface area contributed by atoms with Gasteiger partial charge in [-0.2, -0.15) is 0 Å². The van der Waals surface area contributed by atoms with Crippen LogP contribution in [0.5, 0.6) is 0 Å². The highest BCUT2D eigenvalue weighted by Gasteiger charge is 2.29. The third-order valence-electron chi connectivity index (χ3n) is 5.45. The summed E-state index contributed by atoms with van der Waals surface area (Å²) in [4.78, 5) is 20.8. The van der Waals surface area contributed by atoms with Gasteiger partial charge in [0.05, 0.1) is 16.1 Å². The Morgan fingerprint density at radius 3 is 2.71 bits per heavy atom. The van der Waals surface area contributed by atoms with E-state index in [0.717, 1.165) is 45.8 Å². The minimum absolute atomic E-state index is 0.507. The lowest BCUT2D eigenvalue weighted by Gasteiger charge is -2.19. The number of rotatable bonds is 6. The number of hydrogen-bond acceptors (Lipinski definition) is 4. The largest absolute Gasteiger partial charge is 0.481 e. The van der Waals surface area contributed by atoms with Gasteiger partial charge in [0.1, 0.15) is 0 Å². The SMILES string of the molecule is CCCC(C(=O)O)c1c(C)nc2c3c(sc2c1Sc1ccccc1)CCCC3. The number of fused-ring (bicyclic) bond motifs is 3. The van der Waals surface area contributed by atoms with Crippen molar-refractivity contribution in [1.82, 2.24) is 4.98 Å². The summed E-state index contributed by atoms with van der Waals surface area (Å²) in [6.45, 7) is 4.04. The van der Waals surface area contributed by atoms with Crippen LogP contribution in [0, 0.1) is 6.92 Å². The molecule has 1 N–H and O–H groups in total. The Kier molecular flexibility index (Phi) is 5.74. The number of carboxylic acids is 1. The van der Waals surface area contributed by atoms with Crippen LogP contribution < -0.4 is 0 Å². The van der Waals surface area contributed by atoms with Crippen molar-refractivity contribution in [3.05, 3.63) is 52.0 Å². The Balaban J connectivity index is 1.97. The van der Waals surface area contributed by atoms with Gasteiger partial charge < -0.3 is 5.11 Å². The van der Waals surface area contributed by atoms with Crippen LogP contribution in [-0.4, -0.2) is 16.1 Å². The van der Waals surface area contributed by atoms with Crippen molar-refractivity contribution in [3.63, 3.8) is 0 Å². The Labute approximate surface area is 174 Å². The predicted molar refractivity (Wildman–Crippen MR) is 117 cm³/mol. The summed E-state index contributed by atoms with van der Waals surface area (Å²) in [6.07, 6.45) is 6.14. The van der Waals surface area contributed by atoms with Gasteiger partial charge in [0.25, 0.3) is 0 Å². The van der Waals surface area contributed by atoms with Crippen LogP contribution >= 0.6 is 23.1 Å². The lowest BCUT2D eigenvalue weighted by Crippen LogP contribution is -2.15. The molecule has 1 aliphatic rings. The average Bonchev–Trinajstić information content (AvgIpc) is 3.06. The minimum atomic E-state index is -0.748. The second-order valence-electron chi connectivity index (χ2n) is 7.42. The minimum Gasteiger partial charge on any atom is -0.481 e. The summed E-state index contributed by atoms with van der Waals surface area (Å²) in [5, 5.41) is 9.97. The zero-order valence-corrected chi connectivity index (χ0v) is 18.0. The van der Waals surface area contributed by atoms with Crippen LogP contribution in [0.2, 0.25) is 0 Å². The van der Waals surface area contributed by atoms with E-state index in [2.05, 4.69) is 12.1 Å². The topological polar surface area (TPSA) is 50.2 Å². The Bertz CT molecular complexity index is 1010. The molecule has 0 saturated carbocycles. The molecule has 0 fully saturated rings. The Morgan fingerprint density at radius 1 is 1.25 bits per heavy atom. The van der Waals surface area contributed by atoms with E-state index in [1.165, 1.54) is 28.0 Å². The first-order valence-electron chi connectivity index (χ1n) is 10.0.